The van der Waals surface area contributed by atoms with Gasteiger partial charge in [-0.1, -0.05) is 13.0 Å². The summed E-state index contributed by atoms with van der Waals surface area (Å²) in [6.45, 7) is 5.09. The SMILES string of the molecule is CCN(C)CCNc1nccc2ccc(OC)cc12. The van der Waals surface area contributed by atoms with Gasteiger partial charge in [0.2, 0.25) is 0 Å². The number of pyridine rings is 1. The molecule has 4 nitrogen and oxygen atoms in total. The lowest BCUT2D eigenvalue weighted by Crippen LogP contribution is -2.24. The van der Waals surface area contributed by atoms with Crippen LogP contribution >= 0.6 is 0 Å². The highest BCUT2D eigenvalue weighted by Crippen LogP contribution is 2.25. The van der Waals surface area contributed by atoms with E-state index in [-0.39, 0.29) is 0 Å². The molecule has 1 N–H and O–H groups in total. The van der Waals surface area contributed by atoms with Gasteiger partial charge in [-0.05, 0) is 37.2 Å². The van der Waals surface area contributed by atoms with E-state index in [1.54, 1.807) is 7.11 Å². The average molecular weight is 259 g/mol. The van der Waals surface area contributed by atoms with E-state index >= 15 is 0 Å². The molecule has 0 aliphatic carbocycles. The Hall–Kier alpha value is -1.81. The number of nitrogens with zero attached hydrogens (tertiary/aromatic N) is 2. The first-order chi connectivity index (χ1) is 9.24. The monoisotopic (exact) mass is 259 g/mol. The summed E-state index contributed by atoms with van der Waals surface area (Å²) < 4.78 is 5.27. The molecule has 2 rings (SSSR count). The molecule has 2 aromatic rings. The Labute approximate surface area is 114 Å². The normalized spacial score (nSPS) is 10.9. The zero-order valence-corrected chi connectivity index (χ0v) is 11.8. The fourth-order valence-electron chi connectivity index (χ4n) is 1.94. The van der Waals surface area contributed by atoms with E-state index in [9.17, 15) is 0 Å². The number of likely N-dealkylation sites (N-methyl/N-ethyl adjacent to an activating group) is 1. The second kappa shape index (κ2) is 6.38. The van der Waals surface area contributed by atoms with Gasteiger partial charge in [0, 0.05) is 24.7 Å². The highest BCUT2D eigenvalue weighted by Gasteiger charge is 2.04. The summed E-state index contributed by atoms with van der Waals surface area (Å²) in [5.74, 6) is 1.77. The predicted octanol–water partition coefficient (Wildman–Crippen LogP) is 2.61. The third-order valence-electron chi connectivity index (χ3n) is 3.30. The molecule has 1 heterocycles. The van der Waals surface area contributed by atoms with Crippen LogP contribution in [-0.2, 0) is 0 Å². The summed E-state index contributed by atoms with van der Waals surface area (Å²) in [6, 6.07) is 8.06. The van der Waals surface area contributed by atoms with Crippen LogP contribution in [0.5, 0.6) is 5.75 Å². The van der Waals surface area contributed by atoms with Crippen molar-refractivity contribution in [2.45, 2.75) is 6.92 Å². The summed E-state index contributed by atoms with van der Waals surface area (Å²) in [5, 5.41) is 5.66. The molecule has 0 atom stereocenters. The number of ether oxygens (including phenoxy) is 1. The van der Waals surface area contributed by atoms with Crippen molar-refractivity contribution in [2.75, 3.05) is 39.1 Å². The molecule has 4 heteroatoms. The number of aromatic nitrogens is 1. The van der Waals surface area contributed by atoms with Gasteiger partial charge >= 0.3 is 0 Å². The Bertz CT molecular complexity index is 542. The maximum atomic E-state index is 5.27. The minimum absolute atomic E-state index is 0.856. The number of anilines is 1. The van der Waals surface area contributed by atoms with Crippen molar-refractivity contribution in [1.82, 2.24) is 9.88 Å². The highest BCUT2D eigenvalue weighted by atomic mass is 16.5. The van der Waals surface area contributed by atoms with Gasteiger partial charge in [-0.15, -0.1) is 0 Å². The number of rotatable bonds is 6. The van der Waals surface area contributed by atoms with Crippen LogP contribution in [-0.4, -0.2) is 43.7 Å². The molecular formula is C15H21N3O. The lowest BCUT2D eigenvalue weighted by Gasteiger charge is -2.15. The first-order valence-electron chi connectivity index (χ1n) is 6.59. The molecule has 102 valence electrons. The smallest absolute Gasteiger partial charge is 0.133 e. The van der Waals surface area contributed by atoms with Gasteiger partial charge < -0.3 is 15.0 Å². The van der Waals surface area contributed by atoms with E-state index in [2.05, 4.69) is 35.2 Å². The van der Waals surface area contributed by atoms with Crippen molar-refractivity contribution >= 4 is 16.6 Å². The summed E-state index contributed by atoms with van der Waals surface area (Å²) in [4.78, 5) is 6.68. The molecule has 0 radical (unpaired) electrons. The van der Waals surface area contributed by atoms with E-state index < -0.39 is 0 Å². The van der Waals surface area contributed by atoms with Crippen molar-refractivity contribution in [3.63, 3.8) is 0 Å². The van der Waals surface area contributed by atoms with Gasteiger partial charge in [-0.2, -0.15) is 0 Å². The van der Waals surface area contributed by atoms with Crippen LogP contribution < -0.4 is 10.1 Å². The van der Waals surface area contributed by atoms with E-state index in [4.69, 9.17) is 4.74 Å². The summed E-state index contributed by atoms with van der Waals surface area (Å²) in [6.07, 6.45) is 1.83. The molecular weight excluding hydrogens is 238 g/mol. The molecule has 0 unspecified atom stereocenters. The fourth-order valence-corrected chi connectivity index (χ4v) is 1.94. The number of methoxy groups -OCH3 is 1. The Kier molecular flexibility index (Phi) is 4.58. The number of nitrogens with one attached hydrogen (secondary N) is 1. The van der Waals surface area contributed by atoms with E-state index in [1.165, 1.54) is 5.39 Å². The molecule has 0 fully saturated rings. The molecule has 0 saturated heterocycles. The lowest BCUT2D eigenvalue weighted by atomic mass is 10.1. The van der Waals surface area contributed by atoms with Crippen LogP contribution in [0.15, 0.2) is 30.5 Å². The van der Waals surface area contributed by atoms with E-state index in [0.717, 1.165) is 36.6 Å². The van der Waals surface area contributed by atoms with Crippen molar-refractivity contribution < 1.29 is 4.74 Å². The van der Waals surface area contributed by atoms with E-state index in [0.29, 0.717) is 0 Å². The quantitative estimate of drug-likeness (QED) is 0.865. The number of hydrogen-bond acceptors (Lipinski definition) is 4. The number of fused-ring (bicyclic) bond motifs is 1. The van der Waals surface area contributed by atoms with Crippen LogP contribution in [0.3, 0.4) is 0 Å². The lowest BCUT2D eigenvalue weighted by molar-refractivity contribution is 0.367. The molecule has 1 aromatic carbocycles. The predicted molar refractivity (Wildman–Crippen MR) is 80.0 cm³/mol. The molecule has 0 spiro atoms. The third-order valence-corrected chi connectivity index (χ3v) is 3.30. The van der Waals surface area contributed by atoms with E-state index in [1.807, 2.05) is 24.4 Å². The van der Waals surface area contributed by atoms with Gasteiger partial charge in [-0.3, -0.25) is 0 Å². The van der Waals surface area contributed by atoms with Crippen molar-refractivity contribution in [3.8, 4) is 5.75 Å². The largest absolute Gasteiger partial charge is 0.497 e. The number of hydrogen-bond donors (Lipinski definition) is 1. The highest BCUT2D eigenvalue weighted by molar-refractivity contribution is 5.92. The first kappa shape index (κ1) is 13.6. The number of benzene rings is 1. The minimum Gasteiger partial charge on any atom is -0.497 e. The molecule has 1 aromatic heterocycles. The second-order valence-corrected chi connectivity index (χ2v) is 4.57. The molecule has 0 aliphatic heterocycles. The van der Waals surface area contributed by atoms with Crippen LogP contribution in [0.2, 0.25) is 0 Å². The molecule has 0 bridgehead atoms. The minimum atomic E-state index is 0.856. The van der Waals surface area contributed by atoms with Gasteiger partial charge in [0.15, 0.2) is 0 Å². The van der Waals surface area contributed by atoms with Crippen LogP contribution in [0, 0.1) is 0 Å². The van der Waals surface area contributed by atoms with Crippen molar-refractivity contribution in [2.24, 2.45) is 0 Å². The molecule has 0 amide bonds. The molecule has 0 aliphatic rings. The average Bonchev–Trinajstić information content (AvgIpc) is 2.46. The summed E-state index contributed by atoms with van der Waals surface area (Å²) >= 11 is 0. The maximum absolute atomic E-state index is 5.27. The Morgan fingerprint density at radius 3 is 2.89 bits per heavy atom. The molecule has 0 saturated carbocycles. The van der Waals surface area contributed by atoms with Crippen molar-refractivity contribution in [3.05, 3.63) is 30.5 Å². The van der Waals surface area contributed by atoms with Gasteiger partial charge in [0.25, 0.3) is 0 Å². The second-order valence-electron chi connectivity index (χ2n) is 4.57. The van der Waals surface area contributed by atoms with Gasteiger partial charge in [0.05, 0.1) is 7.11 Å². The Balaban J connectivity index is 2.17. The molecule has 19 heavy (non-hydrogen) atoms. The fraction of sp³-hybridized carbons (Fsp3) is 0.400. The van der Waals surface area contributed by atoms with Crippen LogP contribution in [0.1, 0.15) is 6.92 Å². The van der Waals surface area contributed by atoms with Gasteiger partial charge in [-0.25, -0.2) is 4.98 Å². The zero-order valence-electron chi connectivity index (χ0n) is 11.8. The third kappa shape index (κ3) is 3.35. The van der Waals surface area contributed by atoms with Crippen LogP contribution in [0.25, 0.3) is 10.8 Å². The summed E-state index contributed by atoms with van der Waals surface area (Å²) in [5.41, 5.74) is 0. The topological polar surface area (TPSA) is 37.4 Å². The van der Waals surface area contributed by atoms with Crippen LogP contribution in [0.4, 0.5) is 5.82 Å². The maximum Gasteiger partial charge on any atom is 0.133 e. The summed E-state index contributed by atoms with van der Waals surface area (Å²) in [7, 11) is 3.79. The Morgan fingerprint density at radius 2 is 2.16 bits per heavy atom. The first-order valence-corrected chi connectivity index (χ1v) is 6.59. The standard InChI is InChI=1S/C15H21N3O/c1-4-18(2)10-9-17-15-14-11-13(19-3)6-5-12(14)7-8-16-15/h5-8,11H,4,9-10H2,1-3H3,(H,16,17). The van der Waals surface area contributed by atoms with Gasteiger partial charge in [0.1, 0.15) is 11.6 Å². The Morgan fingerprint density at radius 1 is 1.32 bits per heavy atom. The zero-order chi connectivity index (χ0) is 13.7. The van der Waals surface area contributed by atoms with Crippen molar-refractivity contribution in [1.29, 1.82) is 0 Å².